The number of nitrogens with zero attached hydrogens (tertiary/aromatic N) is 3. The lowest BCUT2D eigenvalue weighted by Crippen LogP contribution is -1.99. The third kappa shape index (κ3) is 3.19. The lowest BCUT2D eigenvalue weighted by atomic mass is 10.1. The molecule has 0 fully saturated rings. The Morgan fingerprint density at radius 3 is 2.62 bits per heavy atom. The monoisotopic (exact) mass is 367 g/mol. The van der Waals surface area contributed by atoms with E-state index in [1.54, 1.807) is 18.4 Å². The van der Waals surface area contributed by atoms with Crippen molar-refractivity contribution in [2.75, 3.05) is 6.61 Å². The maximum atomic E-state index is 5.95. The zero-order valence-corrected chi connectivity index (χ0v) is 14.6. The zero-order valence-electron chi connectivity index (χ0n) is 13.8. The molecule has 0 radical (unpaired) electrons. The Hall–Kier alpha value is -3.12. The van der Waals surface area contributed by atoms with Crippen LogP contribution in [0.25, 0.3) is 34.3 Å². The maximum Gasteiger partial charge on any atom is 0.293 e. The van der Waals surface area contributed by atoms with E-state index in [1.165, 1.54) is 0 Å². The van der Waals surface area contributed by atoms with Gasteiger partial charge in [0.2, 0.25) is 11.7 Å². The molecule has 0 aliphatic rings. The molecule has 0 aliphatic heterocycles. The van der Waals surface area contributed by atoms with E-state index in [9.17, 15) is 0 Å². The summed E-state index contributed by atoms with van der Waals surface area (Å²) in [6.07, 6.45) is 1.55. The van der Waals surface area contributed by atoms with E-state index in [0.29, 0.717) is 40.5 Å². The van der Waals surface area contributed by atoms with Crippen LogP contribution in [0.4, 0.5) is 0 Å². The molecule has 130 valence electrons. The molecule has 0 spiro atoms. The molecule has 0 amide bonds. The van der Waals surface area contributed by atoms with Crippen LogP contribution in [0.15, 0.2) is 63.7 Å². The first-order valence-electron chi connectivity index (χ1n) is 8.02. The highest BCUT2D eigenvalue weighted by molar-refractivity contribution is 6.30. The summed E-state index contributed by atoms with van der Waals surface area (Å²) in [6, 6.07) is 14.7. The largest absolute Gasteiger partial charge is 0.477 e. The summed E-state index contributed by atoms with van der Waals surface area (Å²) in [4.78, 5) is 8.97. The van der Waals surface area contributed by atoms with Crippen LogP contribution < -0.4 is 4.74 Å². The molecule has 3 heterocycles. The van der Waals surface area contributed by atoms with Crippen LogP contribution in [-0.4, -0.2) is 21.7 Å². The number of hydrogen-bond donors (Lipinski definition) is 0. The fourth-order valence-electron chi connectivity index (χ4n) is 2.47. The van der Waals surface area contributed by atoms with Crippen molar-refractivity contribution >= 4 is 11.6 Å². The minimum Gasteiger partial charge on any atom is -0.477 e. The van der Waals surface area contributed by atoms with Crippen molar-refractivity contribution in [2.45, 2.75) is 6.92 Å². The highest BCUT2D eigenvalue weighted by Crippen LogP contribution is 2.31. The molecule has 3 aromatic heterocycles. The lowest BCUT2D eigenvalue weighted by Gasteiger charge is -2.09. The third-order valence-electron chi connectivity index (χ3n) is 3.68. The van der Waals surface area contributed by atoms with E-state index in [4.69, 9.17) is 25.3 Å². The van der Waals surface area contributed by atoms with E-state index in [-0.39, 0.29) is 0 Å². The van der Waals surface area contributed by atoms with Gasteiger partial charge < -0.3 is 13.7 Å². The average molecular weight is 368 g/mol. The van der Waals surface area contributed by atoms with Gasteiger partial charge in [-0.15, -0.1) is 0 Å². The van der Waals surface area contributed by atoms with Crippen LogP contribution in [0.2, 0.25) is 5.02 Å². The van der Waals surface area contributed by atoms with Gasteiger partial charge in [0.1, 0.15) is 0 Å². The maximum absolute atomic E-state index is 5.95. The predicted molar refractivity (Wildman–Crippen MR) is 96.8 cm³/mol. The Kier molecular flexibility index (Phi) is 4.41. The Bertz CT molecular complexity index is 1010. The summed E-state index contributed by atoms with van der Waals surface area (Å²) in [5, 5.41) is 4.69. The summed E-state index contributed by atoms with van der Waals surface area (Å²) in [7, 11) is 0. The normalized spacial score (nSPS) is 10.8. The number of halogens is 1. The van der Waals surface area contributed by atoms with Gasteiger partial charge in [0.15, 0.2) is 5.76 Å². The quantitative estimate of drug-likeness (QED) is 0.488. The van der Waals surface area contributed by atoms with Crippen LogP contribution in [0.1, 0.15) is 6.92 Å². The second-order valence-corrected chi connectivity index (χ2v) is 5.83. The number of ether oxygens (including phenoxy) is 1. The first-order valence-corrected chi connectivity index (χ1v) is 8.40. The molecule has 6 nitrogen and oxygen atoms in total. The van der Waals surface area contributed by atoms with Crippen molar-refractivity contribution in [3.63, 3.8) is 0 Å². The van der Waals surface area contributed by atoms with Crippen LogP contribution in [0.3, 0.4) is 0 Å². The van der Waals surface area contributed by atoms with Gasteiger partial charge in [-0.3, -0.25) is 0 Å². The highest BCUT2D eigenvalue weighted by atomic mass is 35.5. The molecule has 0 bridgehead atoms. The number of rotatable bonds is 5. The van der Waals surface area contributed by atoms with Gasteiger partial charge in [-0.1, -0.05) is 28.9 Å². The molecule has 0 atom stereocenters. The van der Waals surface area contributed by atoms with E-state index in [2.05, 4.69) is 15.1 Å². The topological polar surface area (TPSA) is 74.2 Å². The number of furan rings is 1. The van der Waals surface area contributed by atoms with Gasteiger partial charge in [-0.25, -0.2) is 4.98 Å². The first-order chi connectivity index (χ1) is 12.7. The van der Waals surface area contributed by atoms with Gasteiger partial charge in [-0.05, 0) is 43.3 Å². The smallest absolute Gasteiger partial charge is 0.293 e. The van der Waals surface area contributed by atoms with Crippen LogP contribution in [0.5, 0.6) is 5.88 Å². The van der Waals surface area contributed by atoms with E-state index in [1.807, 2.05) is 43.3 Å². The Morgan fingerprint density at radius 1 is 1.04 bits per heavy atom. The van der Waals surface area contributed by atoms with Crippen LogP contribution in [0, 0.1) is 0 Å². The molecular weight excluding hydrogens is 354 g/mol. The number of benzene rings is 1. The van der Waals surface area contributed by atoms with Gasteiger partial charge in [0, 0.05) is 10.6 Å². The molecule has 4 rings (SSSR count). The second-order valence-electron chi connectivity index (χ2n) is 5.39. The minimum absolute atomic E-state index is 0.300. The second kappa shape index (κ2) is 7.01. The van der Waals surface area contributed by atoms with Gasteiger partial charge in [0.05, 0.1) is 24.1 Å². The van der Waals surface area contributed by atoms with Crippen molar-refractivity contribution in [1.29, 1.82) is 0 Å². The molecule has 0 aliphatic carbocycles. The van der Waals surface area contributed by atoms with E-state index >= 15 is 0 Å². The molecule has 0 saturated heterocycles. The minimum atomic E-state index is 0.300. The Morgan fingerprint density at radius 2 is 1.88 bits per heavy atom. The SMILES string of the molecule is CCOc1nc(-c2ccc(Cl)cc2)ccc1-c1noc(-c2ccco2)n1. The summed E-state index contributed by atoms with van der Waals surface area (Å²) in [5.74, 6) is 1.63. The fourth-order valence-corrected chi connectivity index (χ4v) is 2.60. The summed E-state index contributed by atoms with van der Waals surface area (Å²) < 4.78 is 16.2. The van der Waals surface area contributed by atoms with Crippen molar-refractivity contribution in [2.24, 2.45) is 0 Å². The van der Waals surface area contributed by atoms with Crippen LogP contribution >= 0.6 is 11.6 Å². The summed E-state index contributed by atoms with van der Waals surface area (Å²) >= 11 is 5.95. The van der Waals surface area contributed by atoms with Gasteiger partial charge in [0.25, 0.3) is 5.89 Å². The molecule has 0 unspecified atom stereocenters. The van der Waals surface area contributed by atoms with Gasteiger partial charge >= 0.3 is 0 Å². The fraction of sp³-hybridized carbons (Fsp3) is 0.105. The Labute approximate surface area is 154 Å². The highest BCUT2D eigenvalue weighted by Gasteiger charge is 2.18. The standard InChI is InChI=1S/C19H14ClN3O3/c1-2-24-18-14(17-22-19(26-23-17)16-4-3-11-25-16)9-10-15(21-18)12-5-7-13(20)8-6-12/h3-11H,2H2,1H3. The predicted octanol–water partition coefficient (Wildman–Crippen LogP) is 5.11. The van der Waals surface area contributed by atoms with Crippen molar-refractivity contribution in [1.82, 2.24) is 15.1 Å². The first kappa shape index (κ1) is 16.4. The average Bonchev–Trinajstić information content (AvgIpc) is 3.34. The van der Waals surface area contributed by atoms with Crippen molar-refractivity contribution in [3.05, 3.63) is 59.8 Å². The van der Waals surface area contributed by atoms with Gasteiger partial charge in [-0.2, -0.15) is 4.98 Å². The molecule has 26 heavy (non-hydrogen) atoms. The van der Waals surface area contributed by atoms with Crippen molar-refractivity contribution < 1.29 is 13.7 Å². The number of hydrogen-bond acceptors (Lipinski definition) is 6. The molecular formula is C19H14ClN3O3. The number of pyridine rings is 1. The third-order valence-corrected chi connectivity index (χ3v) is 3.93. The molecule has 0 N–H and O–H groups in total. The lowest BCUT2D eigenvalue weighted by molar-refractivity contribution is 0.328. The zero-order chi connectivity index (χ0) is 17.9. The molecule has 4 aromatic rings. The molecule has 1 aromatic carbocycles. The van der Waals surface area contributed by atoms with E-state index in [0.717, 1.165) is 11.3 Å². The number of aromatic nitrogens is 3. The van der Waals surface area contributed by atoms with Crippen molar-refractivity contribution in [3.8, 4) is 40.2 Å². The van der Waals surface area contributed by atoms with E-state index < -0.39 is 0 Å². The summed E-state index contributed by atoms with van der Waals surface area (Å²) in [6.45, 7) is 2.36. The molecule has 0 saturated carbocycles. The Balaban J connectivity index is 1.73. The molecule has 7 heteroatoms. The summed E-state index contributed by atoms with van der Waals surface area (Å²) in [5.41, 5.74) is 2.35. The van der Waals surface area contributed by atoms with Crippen LogP contribution in [-0.2, 0) is 0 Å².